The molecule has 0 aromatic carbocycles. The second kappa shape index (κ2) is 7.08. The van der Waals surface area contributed by atoms with Crippen LogP contribution in [0.4, 0.5) is 11.8 Å². The van der Waals surface area contributed by atoms with Crippen molar-refractivity contribution >= 4 is 11.8 Å². The Bertz CT molecular complexity index is 603. The van der Waals surface area contributed by atoms with E-state index in [1.807, 2.05) is 13.1 Å². The molecule has 3 heterocycles. The molecule has 3 rings (SSSR count). The first-order chi connectivity index (χ1) is 11.7. The van der Waals surface area contributed by atoms with Crippen molar-refractivity contribution in [1.29, 1.82) is 0 Å². The number of aryl methyl sites for hydroxylation is 1. The molecule has 6 nitrogen and oxygen atoms in total. The normalized spacial score (nSPS) is 28.4. The van der Waals surface area contributed by atoms with Crippen molar-refractivity contribution in [1.82, 2.24) is 9.97 Å². The van der Waals surface area contributed by atoms with Crippen LogP contribution >= 0.6 is 0 Å². The lowest BCUT2D eigenvalue weighted by atomic mass is 9.94. The van der Waals surface area contributed by atoms with Gasteiger partial charge in [0.1, 0.15) is 5.82 Å². The zero-order valence-corrected chi connectivity index (χ0v) is 16.2. The van der Waals surface area contributed by atoms with E-state index in [-0.39, 0.29) is 11.2 Å². The molecule has 2 aliphatic rings. The molecule has 25 heavy (non-hydrogen) atoms. The number of nitrogens with one attached hydrogen (secondary N) is 2. The number of hydrogen-bond donors (Lipinski definition) is 2. The van der Waals surface area contributed by atoms with Crippen molar-refractivity contribution in [3.63, 3.8) is 0 Å². The minimum atomic E-state index is -0.0879. The highest BCUT2D eigenvalue weighted by atomic mass is 16.5. The van der Waals surface area contributed by atoms with Crippen molar-refractivity contribution in [2.75, 3.05) is 23.8 Å². The second-order valence-corrected chi connectivity index (χ2v) is 8.61. The minimum absolute atomic E-state index is 0.0778. The smallest absolute Gasteiger partial charge is 0.224 e. The Balaban J connectivity index is 1.66. The van der Waals surface area contributed by atoms with E-state index in [1.165, 1.54) is 0 Å². The molecule has 2 aliphatic heterocycles. The maximum atomic E-state index is 5.81. The summed E-state index contributed by atoms with van der Waals surface area (Å²) in [6.07, 6.45) is 5.82. The number of aromatic nitrogens is 2. The topological polar surface area (TPSA) is 68.3 Å². The molecule has 0 spiro atoms. The summed E-state index contributed by atoms with van der Waals surface area (Å²) >= 11 is 0. The van der Waals surface area contributed by atoms with E-state index in [0.717, 1.165) is 50.3 Å². The zero-order valence-electron chi connectivity index (χ0n) is 16.2. The van der Waals surface area contributed by atoms with Crippen molar-refractivity contribution in [2.45, 2.75) is 83.6 Å². The van der Waals surface area contributed by atoms with Gasteiger partial charge in [-0.3, -0.25) is 0 Å². The van der Waals surface area contributed by atoms with E-state index in [2.05, 4.69) is 43.3 Å². The quantitative estimate of drug-likeness (QED) is 0.868. The first-order valence-electron chi connectivity index (χ1n) is 9.37. The maximum Gasteiger partial charge on any atom is 0.224 e. The van der Waals surface area contributed by atoms with Gasteiger partial charge in [-0.1, -0.05) is 0 Å². The lowest BCUT2D eigenvalue weighted by Gasteiger charge is -2.36. The maximum absolute atomic E-state index is 5.81. The first kappa shape index (κ1) is 18.4. The summed E-state index contributed by atoms with van der Waals surface area (Å²) in [5, 5.41) is 7.09. The Morgan fingerprint density at radius 2 is 1.52 bits per heavy atom. The third-order valence-electron chi connectivity index (χ3n) is 5.04. The highest BCUT2D eigenvalue weighted by Crippen LogP contribution is 2.28. The summed E-state index contributed by atoms with van der Waals surface area (Å²) in [5.74, 6) is 1.62. The van der Waals surface area contributed by atoms with Gasteiger partial charge >= 0.3 is 0 Å². The van der Waals surface area contributed by atoms with E-state index in [1.54, 1.807) is 0 Å². The van der Waals surface area contributed by atoms with Gasteiger partial charge in [0.2, 0.25) is 5.95 Å². The third kappa shape index (κ3) is 5.05. The molecule has 2 saturated heterocycles. The Kier molecular flexibility index (Phi) is 5.21. The Hall–Kier alpha value is -1.40. The molecule has 0 saturated carbocycles. The third-order valence-corrected chi connectivity index (χ3v) is 5.04. The fourth-order valence-electron chi connectivity index (χ4n) is 3.74. The summed E-state index contributed by atoms with van der Waals surface area (Å²) in [4.78, 5) is 9.22. The highest BCUT2D eigenvalue weighted by Gasteiger charge is 2.30. The monoisotopic (exact) mass is 348 g/mol. The minimum Gasteiger partial charge on any atom is -0.375 e. The lowest BCUT2D eigenvalue weighted by molar-refractivity contribution is -0.0556. The Morgan fingerprint density at radius 1 is 0.960 bits per heavy atom. The zero-order chi connectivity index (χ0) is 18.1. The number of rotatable bonds is 4. The van der Waals surface area contributed by atoms with Crippen LogP contribution in [0.2, 0.25) is 0 Å². The van der Waals surface area contributed by atoms with Crippen LogP contribution in [0.1, 0.15) is 58.9 Å². The molecule has 0 radical (unpaired) electrons. The van der Waals surface area contributed by atoms with Gasteiger partial charge in [0, 0.05) is 37.1 Å². The molecule has 2 fully saturated rings. The lowest BCUT2D eigenvalue weighted by Crippen LogP contribution is -2.41. The van der Waals surface area contributed by atoms with Crippen LogP contribution in [-0.4, -0.2) is 46.5 Å². The number of nitrogens with zero attached hydrogens (tertiary/aromatic N) is 2. The summed E-state index contributed by atoms with van der Waals surface area (Å²) in [6, 6.07) is 0.730. The molecule has 0 amide bonds. The largest absolute Gasteiger partial charge is 0.375 e. The van der Waals surface area contributed by atoms with Crippen LogP contribution in [0.5, 0.6) is 0 Å². The van der Waals surface area contributed by atoms with Crippen LogP contribution in [0.25, 0.3) is 0 Å². The summed E-state index contributed by atoms with van der Waals surface area (Å²) in [5.41, 5.74) is 0.906. The Morgan fingerprint density at radius 3 is 2.08 bits per heavy atom. The second-order valence-electron chi connectivity index (χ2n) is 8.61. The average molecular weight is 348 g/mol. The summed E-state index contributed by atoms with van der Waals surface area (Å²) in [7, 11) is 0. The van der Waals surface area contributed by atoms with Gasteiger partial charge < -0.3 is 20.1 Å². The molecular weight excluding hydrogens is 316 g/mol. The van der Waals surface area contributed by atoms with E-state index >= 15 is 0 Å². The van der Waals surface area contributed by atoms with E-state index < -0.39 is 0 Å². The predicted octanol–water partition coefficient (Wildman–Crippen LogP) is 3.52. The van der Waals surface area contributed by atoms with Crippen molar-refractivity contribution in [3.05, 3.63) is 11.8 Å². The molecule has 2 N–H and O–H groups in total. The predicted molar refractivity (Wildman–Crippen MR) is 100 cm³/mol. The van der Waals surface area contributed by atoms with Gasteiger partial charge in [0.25, 0.3) is 0 Å². The Labute approximate surface area is 151 Å². The first-order valence-corrected chi connectivity index (χ1v) is 9.37. The van der Waals surface area contributed by atoms with Gasteiger partial charge in [-0.2, -0.15) is 4.98 Å². The van der Waals surface area contributed by atoms with Crippen LogP contribution in [0.3, 0.4) is 0 Å². The molecule has 0 bridgehead atoms. The molecule has 2 atom stereocenters. The molecular formula is C19H32N4O2. The number of hydrogen-bond acceptors (Lipinski definition) is 6. The van der Waals surface area contributed by atoms with Crippen molar-refractivity contribution in [3.8, 4) is 0 Å². The summed E-state index contributed by atoms with van der Waals surface area (Å²) in [6.45, 7) is 12.2. The van der Waals surface area contributed by atoms with E-state index in [4.69, 9.17) is 14.5 Å². The van der Waals surface area contributed by atoms with Crippen molar-refractivity contribution < 1.29 is 9.47 Å². The summed E-state index contributed by atoms with van der Waals surface area (Å²) < 4.78 is 11.6. The standard InChI is InChI=1S/C19H32N4O2/c1-13-12-20-17(22-15-7-9-25-19(4,5)11-15)23-16(13)21-14-6-8-24-18(2,3)10-14/h12,14-15H,6-11H2,1-5H3,(H2,20,21,22,23). The molecule has 0 aliphatic carbocycles. The average Bonchev–Trinajstić information content (AvgIpc) is 2.49. The fourth-order valence-corrected chi connectivity index (χ4v) is 3.74. The molecule has 1 aromatic rings. The highest BCUT2D eigenvalue weighted by molar-refractivity contribution is 5.47. The molecule has 1 aromatic heterocycles. The number of anilines is 2. The van der Waals surface area contributed by atoms with Gasteiger partial charge in [-0.25, -0.2) is 4.98 Å². The molecule has 6 heteroatoms. The molecule has 2 unspecified atom stereocenters. The van der Waals surface area contributed by atoms with Crippen LogP contribution in [-0.2, 0) is 9.47 Å². The van der Waals surface area contributed by atoms with Gasteiger partial charge in [-0.05, 0) is 60.3 Å². The molecule has 140 valence electrons. The van der Waals surface area contributed by atoms with Gasteiger partial charge in [-0.15, -0.1) is 0 Å². The SMILES string of the molecule is Cc1cnc(NC2CCOC(C)(C)C2)nc1NC1CCOC(C)(C)C1. The van der Waals surface area contributed by atoms with Crippen LogP contribution in [0.15, 0.2) is 6.20 Å². The van der Waals surface area contributed by atoms with Crippen LogP contribution < -0.4 is 10.6 Å². The number of ether oxygens (including phenoxy) is 2. The van der Waals surface area contributed by atoms with Gasteiger partial charge in [0.15, 0.2) is 0 Å². The van der Waals surface area contributed by atoms with E-state index in [0.29, 0.717) is 18.0 Å². The van der Waals surface area contributed by atoms with Crippen molar-refractivity contribution in [2.24, 2.45) is 0 Å². The van der Waals surface area contributed by atoms with Gasteiger partial charge in [0.05, 0.1) is 11.2 Å². The fraction of sp³-hybridized carbons (Fsp3) is 0.789. The van der Waals surface area contributed by atoms with Crippen LogP contribution in [0, 0.1) is 6.92 Å². The van der Waals surface area contributed by atoms with E-state index in [9.17, 15) is 0 Å².